The van der Waals surface area contributed by atoms with Crippen LogP contribution < -0.4 is 5.32 Å². The van der Waals surface area contributed by atoms with Gasteiger partial charge in [0.15, 0.2) is 0 Å². The Morgan fingerprint density at radius 1 is 0.805 bits per heavy atom. The summed E-state index contributed by atoms with van der Waals surface area (Å²) in [6.45, 7) is 1.68. The molecule has 13 heteroatoms. The molecule has 12 nitrogen and oxygen atoms in total. The second-order valence-corrected chi connectivity index (χ2v) is 10.0. The predicted octanol–water partition coefficient (Wildman–Crippen LogP) is 2.98. The molecule has 1 aliphatic rings. The number of carbonyl (C=O) groups is 2. The Labute approximate surface area is 242 Å². The fourth-order valence-corrected chi connectivity index (χ4v) is 4.55. The molecular weight excluding hydrogens is 552 g/mol. The first kappa shape index (κ1) is 32.0. The first-order chi connectivity index (χ1) is 20.0. The van der Waals surface area contributed by atoms with Crippen molar-refractivity contribution < 1.29 is 39.3 Å². The van der Waals surface area contributed by atoms with Crippen molar-refractivity contribution >= 4 is 35.4 Å². The number of aliphatic hydroxyl groups excluding tert-OH is 3. The number of nitrogens with zero attached hydrogens (tertiary/aromatic N) is 3. The molecule has 2 aromatic carbocycles. The van der Waals surface area contributed by atoms with E-state index in [1.165, 1.54) is 0 Å². The quantitative estimate of drug-likeness (QED) is 0.148. The summed E-state index contributed by atoms with van der Waals surface area (Å²) in [4.78, 5) is 37.6. The Balaban J connectivity index is 1.64. The van der Waals surface area contributed by atoms with Crippen LogP contribution in [0.3, 0.4) is 0 Å². The van der Waals surface area contributed by atoms with Gasteiger partial charge in [0.25, 0.3) is 0 Å². The van der Waals surface area contributed by atoms with Crippen LogP contribution in [0.4, 0.5) is 9.59 Å². The highest BCUT2D eigenvalue weighted by Crippen LogP contribution is 2.28. The summed E-state index contributed by atoms with van der Waals surface area (Å²) in [6, 6.07) is 15.3. The van der Waals surface area contributed by atoms with Gasteiger partial charge in [-0.05, 0) is 61.1 Å². The lowest BCUT2D eigenvalue weighted by Crippen LogP contribution is -2.40. The van der Waals surface area contributed by atoms with Crippen molar-refractivity contribution in [2.45, 2.75) is 35.5 Å². The van der Waals surface area contributed by atoms with Gasteiger partial charge in [-0.15, -0.1) is 0 Å². The van der Waals surface area contributed by atoms with Crippen LogP contribution in [0.1, 0.15) is 36.8 Å². The van der Waals surface area contributed by atoms with Crippen molar-refractivity contribution in [2.75, 3.05) is 52.7 Å². The molecule has 4 N–H and O–H groups in total. The number of hydrogen-bond donors (Lipinski definition) is 4. The maximum atomic E-state index is 12.3. The average Bonchev–Trinajstić information content (AvgIpc) is 3.01. The summed E-state index contributed by atoms with van der Waals surface area (Å²) < 4.78 is 5.26. The molecule has 0 atom stereocenters. The number of nitrogens with one attached hydrogen (secondary N) is 1. The number of benzene rings is 2. The molecule has 222 valence electrons. The van der Waals surface area contributed by atoms with Gasteiger partial charge in [0.1, 0.15) is 0 Å². The molecule has 0 bridgehead atoms. The molecule has 3 rings (SSSR count). The van der Waals surface area contributed by atoms with Crippen LogP contribution >= 0.6 is 11.8 Å². The highest BCUT2D eigenvalue weighted by atomic mass is 32.2. The zero-order valence-corrected chi connectivity index (χ0v) is 23.6. The summed E-state index contributed by atoms with van der Waals surface area (Å²) in [5.74, 6) is 0. The Morgan fingerprint density at radius 3 is 1.80 bits per heavy atom. The van der Waals surface area contributed by atoms with Gasteiger partial charge in [0, 0.05) is 42.6 Å². The number of ether oxygens (including phenoxy) is 1. The van der Waals surface area contributed by atoms with E-state index in [1.54, 1.807) is 16.7 Å². The molecule has 1 saturated heterocycles. The Bertz CT molecular complexity index is 1150. The summed E-state index contributed by atoms with van der Waals surface area (Å²) in [5, 5.41) is 37.7. The molecule has 0 aromatic heterocycles. The average molecular weight is 589 g/mol. The molecule has 41 heavy (non-hydrogen) atoms. The molecule has 0 unspecified atom stereocenters. The SMILES string of the molecule is O=C(NCCO)O/N=C(\CCCO)c1ccc(Sc2ccc(/C(CCCO)=N/OC(=O)N3CCOCC3)cc2)cc1. The fraction of sp³-hybridized carbons (Fsp3) is 0.429. The van der Waals surface area contributed by atoms with Gasteiger partial charge in [0.2, 0.25) is 0 Å². The van der Waals surface area contributed by atoms with Gasteiger partial charge in [-0.1, -0.05) is 46.3 Å². The zero-order valence-electron chi connectivity index (χ0n) is 22.7. The van der Waals surface area contributed by atoms with Crippen molar-refractivity contribution in [1.82, 2.24) is 10.2 Å². The third-order valence-electron chi connectivity index (χ3n) is 5.88. The summed E-state index contributed by atoms with van der Waals surface area (Å²) in [6.07, 6.45) is 0.522. The lowest BCUT2D eigenvalue weighted by atomic mass is 10.1. The van der Waals surface area contributed by atoms with Crippen molar-refractivity contribution in [2.24, 2.45) is 10.3 Å². The summed E-state index contributed by atoms with van der Waals surface area (Å²) in [5.41, 5.74) is 2.64. The second kappa shape index (κ2) is 18.0. The van der Waals surface area contributed by atoms with Crippen LogP contribution in [0, 0.1) is 0 Å². The number of hydrogen-bond acceptors (Lipinski definition) is 11. The molecule has 2 amide bonds. The Kier molecular flexibility index (Phi) is 14.1. The molecule has 0 saturated carbocycles. The van der Waals surface area contributed by atoms with Gasteiger partial charge in [-0.3, -0.25) is 9.68 Å². The maximum Gasteiger partial charge on any atom is 0.436 e. The van der Waals surface area contributed by atoms with Crippen LogP contribution in [0.25, 0.3) is 0 Å². The maximum absolute atomic E-state index is 12.3. The number of carbonyl (C=O) groups excluding carboxylic acids is 2. The van der Waals surface area contributed by atoms with Crippen molar-refractivity contribution in [3.8, 4) is 0 Å². The molecule has 2 aromatic rings. The van der Waals surface area contributed by atoms with Crippen LogP contribution in [0.15, 0.2) is 68.6 Å². The van der Waals surface area contributed by atoms with E-state index in [4.69, 9.17) is 19.5 Å². The van der Waals surface area contributed by atoms with Crippen molar-refractivity contribution in [3.63, 3.8) is 0 Å². The molecule has 1 aliphatic heterocycles. The van der Waals surface area contributed by atoms with E-state index >= 15 is 0 Å². The van der Waals surface area contributed by atoms with Crippen LogP contribution in [0.5, 0.6) is 0 Å². The number of oxime groups is 2. The topological polar surface area (TPSA) is 163 Å². The first-order valence-electron chi connectivity index (χ1n) is 13.4. The molecule has 0 aliphatic carbocycles. The Morgan fingerprint density at radius 2 is 1.32 bits per heavy atom. The van der Waals surface area contributed by atoms with Gasteiger partial charge < -0.3 is 30.3 Å². The van der Waals surface area contributed by atoms with Gasteiger partial charge in [-0.2, -0.15) is 0 Å². The third kappa shape index (κ3) is 11.1. The van der Waals surface area contributed by atoms with E-state index in [2.05, 4.69) is 15.6 Å². The van der Waals surface area contributed by atoms with Crippen LogP contribution in [-0.4, -0.2) is 96.5 Å². The van der Waals surface area contributed by atoms with Gasteiger partial charge in [-0.25, -0.2) is 9.59 Å². The minimum Gasteiger partial charge on any atom is -0.396 e. The minimum atomic E-state index is -0.768. The third-order valence-corrected chi connectivity index (χ3v) is 6.89. The van der Waals surface area contributed by atoms with Crippen LogP contribution in [0.2, 0.25) is 0 Å². The largest absolute Gasteiger partial charge is 0.436 e. The highest BCUT2D eigenvalue weighted by Gasteiger charge is 2.19. The van der Waals surface area contributed by atoms with E-state index in [-0.39, 0.29) is 26.4 Å². The van der Waals surface area contributed by atoms with Gasteiger partial charge >= 0.3 is 12.2 Å². The number of aliphatic hydroxyl groups is 3. The predicted molar refractivity (Wildman–Crippen MR) is 153 cm³/mol. The lowest BCUT2D eigenvalue weighted by Gasteiger charge is -2.24. The standard InChI is InChI=1S/C28H36N4O8S/c33-16-1-3-25(30-39-27(36)29-13-18-35)21-5-9-23(10-6-21)41-24-11-7-22(8-12-24)26(4-2-17-34)31-40-28(37)32-14-19-38-20-15-32/h5-12,33-35H,1-4,13-20H2,(H,29,36)/b30-25+,31-26+. The second-order valence-electron chi connectivity index (χ2n) is 8.87. The van der Waals surface area contributed by atoms with E-state index in [0.717, 1.165) is 20.9 Å². The molecule has 0 spiro atoms. The summed E-state index contributed by atoms with van der Waals surface area (Å²) in [7, 11) is 0. The van der Waals surface area contributed by atoms with E-state index < -0.39 is 12.2 Å². The number of amides is 2. The monoisotopic (exact) mass is 588 g/mol. The zero-order chi connectivity index (χ0) is 29.3. The van der Waals surface area contributed by atoms with E-state index in [9.17, 15) is 19.8 Å². The molecular formula is C28H36N4O8S. The molecule has 1 heterocycles. The number of morpholine rings is 1. The van der Waals surface area contributed by atoms with Crippen molar-refractivity contribution in [1.29, 1.82) is 0 Å². The molecule has 1 fully saturated rings. The van der Waals surface area contributed by atoms with E-state index in [1.807, 2.05) is 48.5 Å². The van der Waals surface area contributed by atoms with Crippen LogP contribution in [-0.2, 0) is 14.4 Å². The van der Waals surface area contributed by atoms with E-state index in [0.29, 0.717) is 63.4 Å². The fourth-order valence-electron chi connectivity index (χ4n) is 3.73. The lowest BCUT2D eigenvalue weighted by molar-refractivity contribution is 0.0279. The number of rotatable bonds is 14. The Hall–Kier alpha value is -3.49. The first-order valence-corrected chi connectivity index (χ1v) is 14.2. The highest BCUT2D eigenvalue weighted by molar-refractivity contribution is 7.99. The normalized spacial score (nSPS) is 14.1. The van der Waals surface area contributed by atoms with Crippen molar-refractivity contribution in [3.05, 3.63) is 59.7 Å². The smallest absolute Gasteiger partial charge is 0.396 e. The minimum absolute atomic E-state index is 0.00415. The molecule has 0 radical (unpaired) electrons. The van der Waals surface area contributed by atoms with Gasteiger partial charge in [0.05, 0.1) is 31.2 Å². The summed E-state index contributed by atoms with van der Waals surface area (Å²) >= 11 is 1.55.